The molecule has 0 radical (unpaired) electrons. The fourth-order valence-corrected chi connectivity index (χ4v) is 3.83. The molecule has 0 bridgehead atoms. The van der Waals surface area contributed by atoms with Gasteiger partial charge in [-0.05, 0) is 92.9 Å². The van der Waals surface area contributed by atoms with E-state index in [9.17, 15) is 18.8 Å². The van der Waals surface area contributed by atoms with Gasteiger partial charge in [-0.25, -0.2) is 14.1 Å². The maximum atomic E-state index is 13.3. The summed E-state index contributed by atoms with van der Waals surface area (Å²) in [6.07, 6.45) is 1.49. The van der Waals surface area contributed by atoms with Crippen molar-refractivity contribution in [1.82, 2.24) is 9.88 Å². The Balaban J connectivity index is 1.76. The summed E-state index contributed by atoms with van der Waals surface area (Å²) in [6, 6.07) is 12.3. The Morgan fingerprint density at radius 2 is 1.50 bits per heavy atom. The lowest BCUT2D eigenvalue weighted by Gasteiger charge is -2.26. The molecule has 0 aliphatic carbocycles. The quantitative estimate of drug-likeness (QED) is 0.490. The summed E-state index contributed by atoms with van der Waals surface area (Å²) >= 11 is 0. The van der Waals surface area contributed by atoms with Crippen LogP contribution in [0, 0.1) is 33.5 Å². The number of barbiturate groups is 1. The van der Waals surface area contributed by atoms with Crippen LogP contribution in [0.15, 0.2) is 54.1 Å². The van der Waals surface area contributed by atoms with Crippen LogP contribution in [0.3, 0.4) is 0 Å². The van der Waals surface area contributed by atoms with E-state index in [1.54, 1.807) is 24.3 Å². The third-order valence-electron chi connectivity index (χ3n) is 5.71. The number of rotatable bonds is 3. The Morgan fingerprint density at radius 3 is 2.16 bits per heavy atom. The number of urea groups is 1. The zero-order chi connectivity index (χ0) is 23.2. The van der Waals surface area contributed by atoms with Crippen molar-refractivity contribution in [3.05, 3.63) is 88.0 Å². The highest BCUT2D eigenvalue weighted by Crippen LogP contribution is 2.27. The molecule has 3 aromatic rings. The molecule has 32 heavy (non-hydrogen) atoms. The standard InChI is InChI=1S/C25H22FN3O3/c1-14-5-8-21(11-15(14)2)29-24(31)22(23(30)27-25(29)32)13-18-12-16(3)28(17(18)4)20-9-6-19(26)7-10-20/h5-13H,1-4H3,(H,27,30,32)/b22-13+. The highest BCUT2D eigenvalue weighted by molar-refractivity contribution is 6.39. The second-order valence-corrected chi connectivity index (χ2v) is 7.86. The molecule has 0 saturated carbocycles. The molecule has 7 heteroatoms. The fourth-order valence-electron chi connectivity index (χ4n) is 3.83. The molecule has 1 saturated heterocycles. The molecule has 4 amide bonds. The van der Waals surface area contributed by atoms with Gasteiger partial charge in [0.05, 0.1) is 5.69 Å². The van der Waals surface area contributed by atoms with E-state index in [0.717, 1.165) is 33.1 Å². The zero-order valence-corrected chi connectivity index (χ0v) is 18.2. The lowest BCUT2D eigenvalue weighted by atomic mass is 10.1. The average molecular weight is 431 g/mol. The summed E-state index contributed by atoms with van der Waals surface area (Å²) in [6.45, 7) is 7.55. The van der Waals surface area contributed by atoms with Gasteiger partial charge in [-0.15, -0.1) is 0 Å². The number of carbonyl (C=O) groups excluding carboxylic acids is 3. The number of aryl methyl sites for hydroxylation is 3. The van der Waals surface area contributed by atoms with Crippen molar-refractivity contribution in [3.63, 3.8) is 0 Å². The lowest BCUT2D eigenvalue weighted by molar-refractivity contribution is -0.122. The minimum absolute atomic E-state index is 0.137. The summed E-state index contributed by atoms with van der Waals surface area (Å²) in [5.41, 5.74) is 5.25. The van der Waals surface area contributed by atoms with Crippen LogP contribution in [0.5, 0.6) is 0 Å². The molecule has 0 spiro atoms. The van der Waals surface area contributed by atoms with E-state index in [0.29, 0.717) is 11.3 Å². The molecule has 1 aliphatic heterocycles. The van der Waals surface area contributed by atoms with E-state index in [1.165, 1.54) is 18.2 Å². The van der Waals surface area contributed by atoms with E-state index in [-0.39, 0.29) is 11.4 Å². The molecule has 0 unspecified atom stereocenters. The molecule has 1 aromatic heterocycles. The first-order chi connectivity index (χ1) is 15.2. The molecule has 1 fully saturated rings. The summed E-state index contributed by atoms with van der Waals surface area (Å²) in [5.74, 6) is -1.76. The maximum absolute atomic E-state index is 13.3. The number of nitrogens with zero attached hydrogens (tertiary/aromatic N) is 2. The van der Waals surface area contributed by atoms with Crippen LogP contribution < -0.4 is 10.2 Å². The van der Waals surface area contributed by atoms with Crippen molar-refractivity contribution >= 4 is 29.6 Å². The van der Waals surface area contributed by atoms with Gasteiger partial charge in [-0.1, -0.05) is 6.07 Å². The number of nitrogens with one attached hydrogen (secondary N) is 1. The third-order valence-corrected chi connectivity index (χ3v) is 5.71. The molecule has 162 valence electrons. The normalized spacial score (nSPS) is 15.5. The van der Waals surface area contributed by atoms with Crippen molar-refractivity contribution < 1.29 is 18.8 Å². The molecule has 0 atom stereocenters. The molecular formula is C25H22FN3O3. The largest absolute Gasteiger partial charge is 0.335 e. The number of halogens is 1. The van der Waals surface area contributed by atoms with Crippen molar-refractivity contribution in [2.75, 3.05) is 4.90 Å². The van der Waals surface area contributed by atoms with Gasteiger partial charge < -0.3 is 4.57 Å². The minimum atomic E-state index is -0.780. The van der Waals surface area contributed by atoms with Crippen LogP contribution in [0.1, 0.15) is 28.1 Å². The number of aromatic nitrogens is 1. The lowest BCUT2D eigenvalue weighted by Crippen LogP contribution is -2.54. The highest BCUT2D eigenvalue weighted by Gasteiger charge is 2.37. The number of amides is 4. The Kier molecular flexibility index (Phi) is 5.26. The smallest absolute Gasteiger partial charge is 0.318 e. The number of hydrogen-bond acceptors (Lipinski definition) is 3. The predicted molar refractivity (Wildman–Crippen MR) is 120 cm³/mol. The second kappa shape index (κ2) is 7.92. The Labute approximate surface area is 185 Å². The van der Waals surface area contributed by atoms with Crippen molar-refractivity contribution in [2.45, 2.75) is 27.7 Å². The molecule has 1 N–H and O–H groups in total. The van der Waals surface area contributed by atoms with Crippen LogP contribution in [0.2, 0.25) is 0 Å². The number of imide groups is 2. The number of carbonyl (C=O) groups is 3. The Hall–Kier alpha value is -4.00. The number of benzene rings is 2. The van der Waals surface area contributed by atoms with Crippen molar-refractivity contribution in [2.24, 2.45) is 0 Å². The van der Waals surface area contributed by atoms with Gasteiger partial charge >= 0.3 is 6.03 Å². The van der Waals surface area contributed by atoms with Gasteiger partial charge in [-0.3, -0.25) is 14.9 Å². The minimum Gasteiger partial charge on any atom is -0.318 e. The SMILES string of the molecule is Cc1ccc(N2C(=O)NC(=O)/C(=C\c3cc(C)n(-c4ccc(F)cc4)c3C)C2=O)cc1C. The van der Waals surface area contributed by atoms with E-state index in [1.807, 2.05) is 44.4 Å². The molecule has 2 aromatic carbocycles. The maximum Gasteiger partial charge on any atom is 0.335 e. The molecule has 2 heterocycles. The summed E-state index contributed by atoms with van der Waals surface area (Å²) in [5, 5.41) is 2.25. The van der Waals surface area contributed by atoms with Crippen LogP contribution in [-0.2, 0) is 9.59 Å². The van der Waals surface area contributed by atoms with Crippen LogP contribution in [0.25, 0.3) is 11.8 Å². The first-order valence-electron chi connectivity index (χ1n) is 10.1. The highest BCUT2D eigenvalue weighted by atomic mass is 19.1. The first-order valence-corrected chi connectivity index (χ1v) is 10.1. The van der Waals surface area contributed by atoms with E-state index in [2.05, 4.69) is 5.32 Å². The summed E-state index contributed by atoms with van der Waals surface area (Å²) in [7, 11) is 0. The van der Waals surface area contributed by atoms with Crippen LogP contribution in [-0.4, -0.2) is 22.4 Å². The topological polar surface area (TPSA) is 71.4 Å². The molecule has 4 rings (SSSR count). The summed E-state index contributed by atoms with van der Waals surface area (Å²) in [4.78, 5) is 39.1. The monoisotopic (exact) mass is 431 g/mol. The molecule has 6 nitrogen and oxygen atoms in total. The average Bonchev–Trinajstić information content (AvgIpc) is 3.01. The van der Waals surface area contributed by atoms with Gasteiger partial charge in [0.15, 0.2) is 0 Å². The predicted octanol–water partition coefficient (Wildman–Crippen LogP) is 4.52. The third kappa shape index (κ3) is 3.62. The van der Waals surface area contributed by atoms with Crippen LogP contribution >= 0.6 is 0 Å². The van der Waals surface area contributed by atoms with Crippen molar-refractivity contribution in [1.29, 1.82) is 0 Å². The Bertz CT molecular complexity index is 1300. The first kappa shape index (κ1) is 21.2. The van der Waals surface area contributed by atoms with Gasteiger partial charge in [0, 0.05) is 17.1 Å². The van der Waals surface area contributed by atoms with Gasteiger partial charge in [0.1, 0.15) is 11.4 Å². The fraction of sp³-hybridized carbons (Fsp3) is 0.160. The van der Waals surface area contributed by atoms with E-state index >= 15 is 0 Å². The van der Waals surface area contributed by atoms with Gasteiger partial charge in [0.2, 0.25) is 0 Å². The number of hydrogen-bond donors (Lipinski definition) is 1. The van der Waals surface area contributed by atoms with Crippen molar-refractivity contribution in [3.8, 4) is 5.69 Å². The van der Waals surface area contributed by atoms with E-state index in [4.69, 9.17) is 0 Å². The van der Waals surface area contributed by atoms with Crippen LogP contribution in [0.4, 0.5) is 14.9 Å². The van der Waals surface area contributed by atoms with Gasteiger partial charge in [0.25, 0.3) is 11.8 Å². The molecular weight excluding hydrogens is 409 g/mol. The Morgan fingerprint density at radius 1 is 0.844 bits per heavy atom. The summed E-state index contributed by atoms with van der Waals surface area (Å²) < 4.78 is 15.2. The van der Waals surface area contributed by atoms with E-state index < -0.39 is 17.8 Å². The second-order valence-electron chi connectivity index (χ2n) is 7.86. The molecule has 1 aliphatic rings. The zero-order valence-electron chi connectivity index (χ0n) is 18.2. The van der Waals surface area contributed by atoms with Gasteiger partial charge in [-0.2, -0.15) is 0 Å². The number of anilines is 1.